The summed E-state index contributed by atoms with van der Waals surface area (Å²) in [6.07, 6.45) is 1.77. The van der Waals surface area contributed by atoms with Crippen LogP contribution < -0.4 is 10.1 Å². The highest BCUT2D eigenvalue weighted by atomic mass is 79.9. The molecule has 0 radical (unpaired) electrons. The SMILES string of the molecule is CCNCc1ccc(OCc2ccc(Br)cc2)cn1. The van der Waals surface area contributed by atoms with E-state index in [-0.39, 0.29) is 0 Å². The van der Waals surface area contributed by atoms with Crippen molar-refractivity contribution in [3.63, 3.8) is 0 Å². The lowest BCUT2D eigenvalue weighted by Crippen LogP contribution is -2.12. The molecular formula is C15H17BrN2O. The Hall–Kier alpha value is -1.39. The van der Waals surface area contributed by atoms with Gasteiger partial charge < -0.3 is 10.1 Å². The summed E-state index contributed by atoms with van der Waals surface area (Å²) in [4.78, 5) is 4.35. The second-order valence-electron chi connectivity index (χ2n) is 4.18. The van der Waals surface area contributed by atoms with Crippen molar-refractivity contribution in [1.82, 2.24) is 10.3 Å². The molecule has 0 fully saturated rings. The summed E-state index contributed by atoms with van der Waals surface area (Å²) in [7, 11) is 0. The van der Waals surface area contributed by atoms with Crippen LogP contribution in [0.5, 0.6) is 5.75 Å². The molecule has 1 aromatic carbocycles. The highest BCUT2D eigenvalue weighted by Crippen LogP contribution is 2.14. The Morgan fingerprint density at radius 2 is 1.95 bits per heavy atom. The van der Waals surface area contributed by atoms with Gasteiger partial charge in [-0.2, -0.15) is 0 Å². The third kappa shape index (κ3) is 4.65. The number of hydrogen-bond acceptors (Lipinski definition) is 3. The average molecular weight is 321 g/mol. The highest BCUT2D eigenvalue weighted by Gasteiger charge is 1.98. The molecule has 0 saturated heterocycles. The van der Waals surface area contributed by atoms with E-state index in [9.17, 15) is 0 Å². The summed E-state index contributed by atoms with van der Waals surface area (Å²) in [5.41, 5.74) is 2.16. The Kier molecular flexibility index (Phi) is 5.36. The molecule has 4 heteroatoms. The molecule has 0 bridgehead atoms. The normalized spacial score (nSPS) is 10.4. The molecule has 3 nitrogen and oxygen atoms in total. The van der Waals surface area contributed by atoms with Crippen LogP contribution in [0.25, 0.3) is 0 Å². The Labute approximate surface area is 122 Å². The smallest absolute Gasteiger partial charge is 0.138 e. The van der Waals surface area contributed by atoms with Crippen LogP contribution in [-0.4, -0.2) is 11.5 Å². The minimum Gasteiger partial charge on any atom is -0.487 e. The van der Waals surface area contributed by atoms with Gasteiger partial charge in [0, 0.05) is 11.0 Å². The Morgan fingerprint density at radius 1 is 1.16 bits per heavy atom. The lowest BCUT2D eigenvalue weighted by molar-refractivity contribution is 0.304. The van der Waals surface area contributed by atoms with Gasteiger partial charge in [0.2, 0.25) is 0 Å². The zero-order chi connectivity index (χ0) is 13.5. The van der Waals surface area contributed by atoms with Crippen LogP contribution in [0.2, 0.25) is 0 Å². The van der Waals surface area contributed by atoms with Crippen LogP contribution in [0.15, 0.2) is 47.1 Å². The van der Waals surface area contributed by atoms with E-state index < -0.39 is 0 Å². The zero-order valence-electron chi connectivity index (χ0n) is 10.9. The molecule has 19 heavy (non-hydrogen) atoms. The van der Waals surface area contributed by atoms with Crippen molar-refractivity contribution in [1.29, 1.82) is 0 Å². The van der Waals surface area contributed by atoms with Crippen molar-refractivity contribution in [3.05, 3.63) is 58.3 Å². The third-order valence-electron chi connectivity index (χ3n) is 2.67. The van der Waals surface area contributed by atoms with Gasteiger partial charge >= 0.3 is 0 Å². The van der Waals surface area contributed by atoms with E-state index in [2.05, 4.69) is 33.2 Å². The van der Waals surface area contributed by atoms with Gasteiger partial charge in [0.25, 0.3) is 0 Å². The van der Waals surface area contributed by atoms with Crippen LogP contribution in [0.4, 0.5) is 0 Å². The maximum Gasteiger partial charge on any atom is 0.138 e. The first kappa shape index (κ1) is 14.0. The largest absolute Gasteiger partial charge is 0.487 e. The third-order valence-corrected chi connectivity index (χ3v) is 3.20. The lowest BCUT2D eigenvalue weighted by Gasteiger charge is -2.07. The molecule has 2 rings (SSSR count). The van der Waals surface area contributed by atoms with Crippen molar-refractivity contribution >= 4 is 15.9 Å². The number of nitrogens with one attached hydrogen (secondary N) is 1. The standard InChI is InChI=1S/C15H17BrN2O/c1-2-17-9-14-7-8-15(10-18-14)19-11-12-3-5-13(16)6-4-12/h3-8,10,17H,2,9,11H2,1H3. The van der Waals surface area contributed by atoms with Crippen molar-refractivity contribution in [2.24, 2.45) is 0 Å². The molecule has 0 atom stereocenters. The maximum absolute atomic E-state index is 5.69. The molecule has 1 N–H and O–H groups in total. The van der Waals surface area contributed by atoms with E-state index in [0.29, 0.717) is 6.61 Å². The average Bonchev–Trinajstić information content (AvgIpc) is 2.46. The predicted octanol–water partition coefficient (Wildman–Crippen LogP) is 3.53. The molecule has 0 unspecified atom stereocenters. The van der Waals surface area contributed by atoms with E-state index in [1.54, 1.807) is 6.20 Å². The van der Waals surface area contributed by atoms with Crippen LogP contribution in [-0.2, 0) is 13.2 Å². The van der Waals surface area contributed by atoms with Gasteiger partial charge in [-0.15, -0.1) is 0 Å². The van der Waals surface area contributed by atoms with E-state index in [1.807, 2.05) is 36.4 Å². The first-order valence-corrected chi connectivity index (χ1v) is 7.10. The second-order valence-corrected chi connectivity index (χ2v) is 5.10. The van der Waals surface area contributed by atoms with Gasteiger partial charge in [0.15, 0.2) is 0 Å². The van der Waals surface area contributed by atoms with Crippen molar-refractivity contribution in [2.45, 2.75) is 20.1 Å². The summed E-state index contributed by atoms with van der Waals surface area (Å²) < 4.78 is 6.77. The van der Waals surface area contributed by atoms with Crippen LogP contribution in [0.1, 0.15) is 18.2 Å². The molecular weight excluding hydrogens is 304 g/mol. The Balaban J connectivity index is 1.87. The summed E-state index contributed by atoms with van der Waals surface area (Å²) in [5.74, 6) is 0.795. The fourth-order valence-corrected chi connectivity index (χ4v) is 1.87. The number of benzene rings is 1. The molecule has 1 aromatic heterocycles. The predicted molar refractivity (Wildman–Crippen MR) is 80.1 cm³/mol. The van der Waals surface area contributed by atoms with Crippen molar-refractivity contribution in [3.8, 4) is 5.75 Å². The minimum atomic E-state index is 0.557. The van der Waals surface area contributed by atoms with E-state index in [4.69, 9.17) is 4.74 Å². The molecule has 1 heterocycles. The first-order valence-electron chi connectivity index (χ1n) is 6.31. The van der Waals surface area contributed by atoms with Crippen LogP contribution in [0, 0.1) is 0 Å². The zero-order valence-corrected chi connectivity index (χ0v) is 12.5. The van der Waals surface area contributed by atoms with Gasteiger partial charge in [0.1, 0.15) is 12.4 Å². The second kappa shape index (κ2) is 7.26. The number of rotatable bonds is 6. The van der Waals surface area contributed by atoms with Gasteiger partial charge in [0.05, 0.1) is 11.9 Å². The number of pyridine rings is 1. The fraction of sp³-hybridized carbons (Fsp3) is 0.267. The van der Waals surface area contributed by atoms with Crippen molar-refractivity contribution in [2.75, 3.05) is 6.54 Å². The summed E-state index contributed by atoms with van der Waals surface area (Å²) in [6.45, 7) is 4.38. The van der Waals surface area contributed by atoms with Gasteiger partial charge in [-0.05, 0) is 36.4 Å². The number of ether oxygens (including phenoxy) is 1. The number of aromatic nitrogens is 1. The first-order chi connectivity index (χ1) is 9.28. The quantitative estimate of drug-likeness (QED) is 0.884. The Morgan fingerprint density at radius 3 is 2.58 bits per heavy atom. The molecule has 0 spiro atoms. The summed E-state index contributed by atoms with van der Waals surface area (Å²) in [5, 5.41) is 3.24. The number of nitrogens with zero attached hydrogens (tertiary/aromatic N) is 1. The maximum atomic E-state index is 5.69. The molecule has 100 valence electrons. The van der Waals surface area contributed by atoms with Gasteiger partial charge in [-0.1, -0.05) is 35.0 Å². The highest BCUT2D eigenvalue weighted by molar-refractivity contribution is 9.10. The monoisotopic (exact) mass is 320 g/mol. The molecule has 0 amide bonds. The van der Waals surface area contributed by atoms with Crippen LogP contribution >= 0.6 is 15.9 Å². The molecule has 2 aromatic rings. The fourth-order valence-electron chi connectivity index (χ4n) is 1.60. The van der Waals surface area contributed by atoms with E-state index in [0.717, 1.165) is 34.6 Å². The topological polar surface area (TPSA) is 34.1 Å². The number of hydrogen-bond donors (Lipinski definition) is 1. The molecule has 0 aliphatic rings. The van der Waals surface area contributed by atoms with Gasteiger partial charge in [-0.25, -0.2) is 0 Å². The van der Waals surface area contributed by atoms with Crippen LogP contribution in [0.3, 0.4) is 0 Å². The summed E-state index contributed by atoms with van der Waals surface area (Å²) >= 11 is 3.41. The minimum absolute atomic E-state index is 0.557. The van der Waals surface area contributed by atoms with E-state index >= 15 is 0 Å². The molecule has 0 aliphatic carbocycles. The summed E-state index contributed by atoms with van der Waals surface area (Å²) in [6, 6.07) is 12.0. The van der Waals surface area contributed by atoms with Gasteiger partial charge in [-0.3, -0.25) is 4.98 Å². The molecule has 0 aliphatic heterocycles. The number of halogens is 1. The van der Waals surface area contributed by atoms with Crippen molar-refractivity contribution < 1.29 is 4.74 Å². The lowest BCUT2D eigenvalue weighted by atomic mass is 10.2. The molecule has 0 saturated carbocycles. The van der Waals surface area contributed by atoms with E-state index in [1.165, 1.54) is 0 Å². The Bertz CT molecular complexity index is 497.